The molecule has 28 heavy (non-hydrogen) atoms. The molecule has 1 saturated heterocycles. The fraction of sp³-hybridized carbons (Fsp3) is 0.556. The molecule has 10 heteroatoms. The van der Waals surface area contributed by atoms with Crippen LogP contribution < -0.4 is 10.6 Å². The van der Waals surface area contributed by atoms with Crippen LogP contribution in [0.5, 0.6) is 0 Å². The summed E-state index contributed by atoms with van der Waals surface area (Å²) in [5, 5.41) is 7.59. The first-order valence-corrected chi connectivity index (χ1v) is 12.4. The van der Waals surface area contributed by atoms with Crippen LogP contribution in [-0.2, 0) is 23.1 Å². The van der Waals surface area contributed by atoms with Crippen LogP contribution in [-0.4, -0.2) is 43.8 Å². The van der Waals surface area contributed by atoms with Gasteiger partial charge in [-0.3, -0.25) is 4.99 Å². The molecule has 2 N–H and O–H groups in total. The van der Waals surface area contributed by atoms with E-state index in [0.29, 0.717) is 36.3 Å². The summed E-state index contributed by atoms with van der Waals surface area (Å²) >= 11 is 3.00. The van der Waals surface area contributed by atoms with E-state index < -0.39 is 10.0 Å². The molecule has 0 spiro atoms. The van der Waals surface area contributed by atoms with Crippen molar-refractivity contribution in [3.8, 4) is 0 Å². The third kappa shape index (κ3) is 5.11. The number of aliphatic imine (C=N–C) groups is 1. The summed E-state index contributed by atoms with van der Waals surface area (Å²) < 4.78 is 27.6. The van der Waals surface area contributed by atoms with Crippen molar-refractivity contribution in [3.05, 3.63) is 32.6 Å². The molecule has 154 valence electrons. The Hall–Kier alpha value is -1.49. The number of nitrogens with zero attached hydrogens (tertiary/aromatic N) is 3. The quantitative estimate of drug-likeness (QED) is 0.532. The zero-order valence-corrected chi connectivity index (χ0v) is 18.9. The van der Waals surface area contributed by atoms with E-state index in [9.17, 15) is 8.42 Å². The lowest BCUT2D eigenvalue weighted by atomic mass is 10.2. The summed E-state index contributed by atoms with van der Waals surface area (Å²) in [6.45, 7) is 6.45. The van der Waals surface area contributed by atoms with Gasteiger partial charge in [-0.05, 0) is 38.8 Å². The van der Waals surface area contributed by atoms with E-state index in [0.717, 1.165) is 34.8 Å². The lowest BCUT2D eigenvalue weighted by Crippen LogP contribution is -2.36. The highest BCUT2D eigenvalue weighted by molar-refractivity contribution is 7.91. The highest BCUT2D eigenvalue weighted by Crippen LogP contribution is 2.27. The average Bonchev–Trinajstić information content (AvgIpc) is 3.29. The fourth-order valence-corrected chi connectivity index (χ4v) is 6.96. The molecule has 2 aromatic rings. The monoisotopic (exact) mass is 441 g/mol. The lowest BCUT2D eigenvalue weighted by Gasteiger charge is -2.25. The maximum Gasteiger partial charge on any atom is 0.252 e. The van der Waals surface area contributed by atoms with Gasteiger partial charge in [-0.15, -0.1) is 22.7 Å². The van der Waals surface area contributed by atoms with Crippen molar-refractivity contribution >= 4 is 38.7 Å². The van der Waals surface area contributed by atoms with E-state index in [4.69, 9.17) is 0 Å². The minimum atomic E-state index is -3.36. The molecule has 0 bridgehead atoms. The second-order valence-corrected chi connectivity index (χ2v) is 11.3. The van der Waals surface area contributed by atoms with Crippen LogP contribution in [0.3, 0.4) is 0 Å². The topological polar surface area (TPSA) is 86.7 Å². The van der Waals surface area contributed by atoms with Crippen molar-refractivity contribution in [2.24, 2.45) is 4.99 Å². The Balaban J connectivity index is 1.56. The number of piperidine rings is 1. The molecule has 0 amide bonds. The smallest absolute Gasteiger partial charge is 0.252 e. The molecular formula is C18H27N5O2S3. The summed E-state index contributed by atoms with van der Waals surface area (Å²) in [6.07, 6.45) is 3.00. The number of sulfonamides is 1. The first-order chi connectivity index (χ1) is 13.4. The summed E-state index contributed by atoms with van der Waals surface area (Å²) in [6, 6.07) is 3.59. The molecule has 0 saturated carbocycles. The Bertz CT molecular complexity index is 927. The molecule has 1 aliphatic rings. The van der Waals surface area contributed by atoms with Gasteiger partial charge in [0.1, 0.15) is 4.21 Å². The van der Waals surface area contributed by atoms with Gasteiger partial charge in [0, 0.05) is 29.9 Å². The third-order valence-corrected chi connectivity index (χ3v) is 9.14. The number of thiophene rings is 1. The number of hydrogen-bond donors (Lipinski definition) is 2. The van der Waals surface area contributed by atoms with Crippen molar-refractivity contribution < 1.29 is 8.42 Å². The van der Waals surface area contributed by atoms with E-state index >= 15 is 0 Å². The number of rotatable bonds is 6. The Kier molecular flexibility index (Phi) is 7.08. The molecule has 3 heterocycles. The van der Waals surface area contributed by atoms with Gasteiger partial charge >= 0.3 is 0 Å². The van der Waals surface area contributed by atoms with Crippen molar-refractivity contribution in [1.29, 1.82) is 0 Å². The number of thiazole rings is 1. The molecule has 0 unspecified atom stereocenters. The van der Waals surface area contributed by atoms with Crippen molar-refractivity contribution in [1.82, 2.24) is 19.9 Å². The normalized spacial score (nSPS) is 16.3. The molecule has 0 radical (unpaired) electrons. The molecule has 0 aromatic carbocycles. The molecular weight excluding hydrogens is 414 g/mol. The zero-order valence-electron chi connectivity index (χ0n) is 16.5. The SMILES string of the molecule is CN=C(NCc1ccc(S(=O)(=O)N2CCCCC2)s1)NCc1sc(C)nc1C. The summed E-state index contributed by atoms with van der Waals surface area (Å²) in [5.74, 6) is 0.680. The van der Waals surface area contributed by atoms with E-state index in [2.05, 4.69) is 20.6 Å². The Morgan fingerprint density at radius 2 is 1.86 bits per heavy atom. The van der Waals surface area contributed by atoms with Crippen molar-refractivity contribution in [2.75, 3.05) is 20.1 Å². The second kappa shape index (κ2) is 9.34. The molecule has 2 aromatic heterocycles. The highest BCUT2D eigenvalue weighted by Gasteiger charge is 2.27. The average molecular weight is 442 g/mol. The van der Waals surface area contributed by atoms with Crippen LogP contribution in [0.25, 0.3) is 0 Å². The zero-order chi connectivity index (χ0) is 20.1. The number of hydrogen-bond acceptors (Lipinski definition) is 6. The van der Waals surface area contributed by atoms with Gasteiger partial charge in [0.25, 0.3) is 10.0 Å². The number of aromatic nitrogens is 1. The maximum absolute atomic E-state index is 12.8. The van der Waals surface area contributed by atoms with E-state index in [1.54, 1.807) is 28.8 Å². The summed E-state index contributed by atoms with van der Waals surface area (Å²) in [5.41, 5.74) is 1.04. The standard InChI is InChI=1S/C18H27N5O2S3/c1-13-16(26-14(2)22-13)12-21-18(19-3)20-11-15-7-8-17(27-15)28(24,25)23-9-5-4-6-10-23/h7-8H,4-6,9-12H2,1-3H3,(H2,19,20,21). The largest absolute Gasteiger partial charge is 0.352 e. The van der Waals surface area contributed by atoms with Crippen molar-refractivity contribution in [3.63, 3.8) is 0 Å². The number of guanidine groups is 1. The van der Waals surface area contributed by atoms with Crippen LogP contribution in [0.15, 0.2) is 21.3 Å². The van der Waals surface area contributed by atoms with Crippen molar-refractivity contribution in [2.45, 2.75) is 50.4 Å². The van der Waals surface area contributed by atoms with Gasteiger partial charge in [0.15, 0.2) is 5.96 Å². The molecule has 0 atom stereocenters. The number of nitrogens with one attached hydrogen (secondary N) is 2. The predicted molar refractivity (Wildman–Crippen MR) is 116 cm³/mol. The summed E-state index contributed by atoms with van der Waals surface area (Å²) in [4.78, 5) is 10.8. The van der Waals surface area contributed by atoms with Crippen LogP contribution in [0.2, 0.25) is 0 Å². The molecule has 0 aliphatic carbocycles. The number of aryl methyl sites for hydroxylation is 2. The van der Waals surface area contributed by atoms with Crippen LogP contribution >= 0.6 is 22.7 Å². The second-order valence-electron chi connectivity index (χ2n) is 6.71. The summed E-state index contributed by atoms with van der Waals surface area (Å²) in [7, 11) is -1.64. The third-order valence-electron chi connectivity index (χ3n) is 4.62. The Morgan fingerprint density at radius 3 is 2.50 bits per heavy atom. The molecule has 1 aliphatic heterocycles. The minimum absolute atomic E-state index is 0.421. The Labute approximate surface area is 175 Å². The minimum Gasteiger partial charge on any atom is -0.352 e. The van der Waals surface area contributed by atoms with Gasteiger partial charge < -0.3 is 10.6 Å². The molecule has 7 nitrogen and oxygen atoms in total. The first kappa shape index (κ1) is 21.2. The van der Waals surface area contributed by atoms with Gasteiger partial charge in [0.2, 0.25) is 0 Å². The van der Waals surface area contributed by atoms with E-state index in [1.165, 1.54) is 16.2 Å². The lowest BCUT2D eigenvalue weighted by molar-refractivity contribution is 0.347. The molecule has 3 rings (SSSR count). The fourth-order valence-electron chi connectivity index (χ4n) is 3.12. The van der Waals surface area contributed by atoms with Gasteiger partial charge in [-0.1, -0.05) is 6.42 Å². The highest BCUT2D eigenvalue weighted by atomic mass is 32.2. The van der Waals surface area contributed by atoms with Crippen LogP contribution in [0.1, 0.15) is 39.7 Å². The molecule has 1 fully saturated rings. The van der Waals surface area contributed by atoms with Crippen LogP contribution in [0, 0.1) is 13.8 Å². The van der Waals surface area contributed by atoms with E-state index in [1.807, 2.05) is 19.9 Å². The predicted octanol–water partition coefficient (Wildman–Crippen LogP) is 2.86. The Morgan fingerprint density at radius 1 is 1.14 bits per heavy atom. The van der Waals surface area contributed by atoms with E-state index in [-0.39, 0.29) is 0 Å². The first-order valence-electron chi connectivity index (χ1n) is 9.36. The van der Waals surface area contributed by atoms with Crippen LogP contribution in [0.4, 0.5) is 0 Å². The van der Waals surface area contributed by atoms with Gasteiger partial charge in [0.05, 0.1) is 23.8 Å². The van der Waals surface area contributed by atoms with Gasteiger partial charge in [-0.2, -0.15) is 4.31 Å². The maximum atomic E-state index is 12.8. The van der Waals surface area contributed by atoms with Gasteiger partial charge in [-0.25, -0.2) is 13.4 Å².